The summed E-state index contributed by atoms with van der Waals surface area (Å²) in [6, 6.07) is 7.03. The largest absolute Gasteiger partial charge is 0.479 e. The van der Waals surface area contributed by atoms with E-state index in [1.54, 1.807) is 17.0 Å². The molecule has 0 saturated heterocycles. The van der Waals surface area contributed by atoms with Crippen LogP contribution in [0.25, 0.3) is 0 Å². The summed E-state index contributed by atoms with van der Waals surface area (Å²) in [5.74, 6) is -1.63. The number of nitriles is 1. The third kappa shape index (κ3) is 2.16. The number of anilines is 1. The van der Waals surface area contributed by atoms with E-state index < -0.39 is 17.8 Å². The molecule has 21 heavy (non-hydrogen) atoms. The Morgan fingerprint density at radius 1 is 1.48 bits per heavy atom. The van der Waals surface area contributed by atoms with Gasteiger partial charge in [-0.3, -0.25) is 0 Å². The van der Waals surface area contributed by atoms with Crippen LogP contribution in [0.1, 0.15) is 22.0 Å². The molecule has 0 saturated carbocycles. The van der Waals surface area contributed by atoms with E-state index in [-0.39, 0.29) is 5.56 Å². The van der Waals surface area contributed by atoms with Crippen molar-refractivity contribution in [2.45, 2.75) is 12.5 Å². The number of carboxylic acids is 1. The van der Waals surface area contributed by atoms with Crippen LogP contribution in [-0.2, 0) is 11.2 Å². The summed E-state index contributed by atoms with van der Waals surface area (Å²) in [4.78, 5) is 14.3. The highest BCUT2D eigenvalue weighted by Crippen LogP contribution is 2.38. The first-order valence-corrected chi connectivity index (χ1v) is 7.25. The molecular formula is C15H11FN2O2S. The van der Waals surface area contributed by atoms with E-state index in [9.17, 15) is 14.3 Å². The summed E-state index contributed by atoms with van der Waals surface area (Å²) in [5, 5.41) is 20.6. The summed E-state index contributed by atoms with van der Waals surface area (Å²) in [7, 11) is 0. The van der Waals surface area contributed by atoms with E-state index in [2.05, 4.69) is 0 Å². The smallest absolute Gasteiger partial charge is 0.331 e. The lowest BCUT2D eigenvalue weighted by molar-refractivity contribution is -0.138. The van der Waals surface area contributed by atoms with Gasteiger partial charge in [-0.05, 0) is 35.6 Å². The molecule has 0 radical (unpaired) electrons. The molecule has 1 N–H and O–H groups in total. The van der Waals surface area contributed by atoms with Crippen molar-refractivity contribution in [1.29, 1.82) is 5.26 Å². The second-order valence-corrected chi connectivity index (χ2v) is 5.73. The summed E-state index contributed by atoms with van der Waals surface area (Å²) in [6.07, 6.45) is 0.693. The lowest BCUT2D eigenvalue weighted by Crippen LogP contribution is -2.39. The third-order valence-corrected chi connectivity index (χ3v) is 4.61. The number of halogens is 1. The second-order valence-electron chi connectivity index (χ2n) is 4.73. The highest BCUT2D eigenvalue weighted by molar-refractivity contribution is 7.10. The quantitative estimate of drug-likeness (QED) is 0.926. The van der Waals surface area contributed by atoms with Gasteiger partial charge in [-0.2, -0.15) is 5.26 Å². The summed E-state index contributed by atoms with van der Waals surface area (Å²) < 4.78 is 13.8. The van der Waals surface area contributed by atoms with Crippen molar-refractivity contribution in [3.05, 3.63) is 51.5 Å². The van der Waals surface area contributed by atoms with Crippen LogP contribution in [0.15, 0.2) is 29.6 Å². The molecule has 3 rings (SSSR count). The van der Waals surface area contributed by atoms with Crippen LogP contribution in [0.2, 0.25) is 0 Å². The fourth-order valence-electron chi connectivity index (χ4n) is 2.70. The van der Waals surface area contributed by atoms with Crippen molar-refractivity contribution in [3.63, 3.8) is 0 Å². The number of hydrogen-bond acceptors (Lipinski definition) is 4. The number of hydrogen-bond donors (Lipinski definition) is 1. The van der Waals surface area contributed by atoms with Crippen molar-refractivity contribution in [2.24, 2.45) is 0 Å². The van der Waals surface area contributed by atoms with Gasteiger partial charge in [0, 0.05) is 11.4 Å². The van der Waals surface area contributed by atoms with E-state index in [1.807, 2.05) is 11.4 Å². The third-order valence-electron chi connectivity index (χ3n) is 3.61. The fraction of sp³-hybridized carbons (Fsp3) is 0.200. The van der Waals surface area contributed by atoms with Gasteiger partial charge in [0.25, 0.3) is 0 Å². The Morgan fingerprint density at radius 2 is 2.29 bits per heavy atom. The van der Waals surface area contributed by atoms with E-state index >= 15 is 0 Å². The van der Waals surface area contributed by atoms with Crippen molar-refractivity contribution in [2.75, 3.05) is 11.4 Å². The maximum absolute atomic E-state index is 13.8. The molecular weight excluding hydrogens is 291 g/mol. The van der Waals surface area contributed by atoms with Crippen LogP contribution in [0.5, 0.6) is 0 Å². The molecule has 6 heteroatoms. The Hall–Kier alpha value is -2.39. The maximum Gasteiger partial charge on any atom is 0.331 e. The molecule has 1 aromatic heterocycles. The molecule has 1 unspecified atom stereocenters. The predicted octanol–water partition coefficient (Wildman–Crippen LogP) is 2.95. The van der Waals surface area contributed by atoms with Crippen LogP contribution >= 0.6 is 11.3 Å². The molecule has 2 aromatic rings. The van der Waals surface area contributed by atoms with Crippen LogP contribution in [-0.4, -0.2) is 17.6 Å². The average Bonchev–Trinajstić information content (AvgIpc) is 2.93. The topological polar surface area (TPSA) is 64.3 Å². The lowest BCUT2D eigenvalue weighted by atomic mass is 9.98. The van der Waals surface area contributed by atoms with Gasteiger partial charge < -0.3 is 10.0 Å². The van der Waals surface area contributed by atoms with Crippen molar-refractivity contribution < 1.29 is 14.3 Å². The predicted molar refractivity (Wildman–Crippen MR) is 76.9 cm³/mol. The second kappa shape index (κ2) is 5.19. The van der Waals surface area contributed by atoms with Crippen molar-refractivity contribution in [1.82, 2.24) is 0 Å². The average molecular weight is 302 g/mol. The molecule has 0 aliphatic carbocycles. The number of fused-ring (bicyclic) bond motifs is 1. The standard InChI is InChI=1S/C15H11FN2O2S/c16-11-2-1-3-12(10(11)8-17)18-6-4-13-9(5-7-21-13)14(18)15(19)20/h1-3,5,7,14H,4,6H2,(H,19,20). The SMILES string of the molecule is N#Cc1c(F)cccc1N1CCc2sccc2C1C(=O)O. The monoisotopic (exact) mass is 302 g/mol. The zero-order valence-electron chi connectivity index (χ0n) is 10.9. The minimum Gasteiger partial charge on any atom is -0.479 e. The number of nitrogens with zero attached hydrogens (tertiary/aromatic N) is 2. The first-order valence-electron chi connectivity index (χ1n) is 6.38. The Labute approximate surface area is 124 Å². The zero-order valence-corrected chi connectivity index (χ0v) is 11.7. The number of aliphatic carboxylic acids is 1. The first kappa shape index (κ1) is 13.6. The number of carboxylic acid groups (broad SMARTS) is 1. The molecule has 1 aromatic carbocycles. The molecule has 1 atom stereocenters. The number of thiophene rings is 1. The fourth-order valence-corrected chi connectivity index (χ4v) is 3.61. The Morgan fingerprint density at radius 3 is 3.00 bits per heavy atom. The molecule has 0 amide bonds. The van der Waals surface area contributed by atoms with Crippen molar-refractivity contribution >= 4 is 23.0 Å². The maximum atomic E-state index is 13.8. The van der Waals surface area contributed by atoms with Crippen LogP contribution in [0.3, 0.4) is 0 Å². The Kier molecular flexibility index (Phi) is 3.35. The minimum atomic E-state index is -0.998. The minimum absolute atomic E-state index is 0.109. The van der Waals surface area contributed by atoms with Crippen molar-refractivity contribution in [3.8, 4) is 6.07 Å². The summed E-state index contributed by atoms with van der Waals surface area (Å²) >= 11 is 1.53. The first-order chi connectivity index (χ1) is 10.1. The van der Waals surface area contributed by atoms with E-state index in [0.29, 0.717) is 18.7 Å². The van der Waals surface area contributed by atoms with Gasteiger partial charge in [-0.25, -0.2) is 9.18 Å². The van der Waals surface area contributed by atoms with E-state index in [4.69, 9.17) is 5.26 Å². The van der Waals surface area contributed by atoms with Crippen LogP contribution in [0.4, 0.5) is 10.1 Å². The van der Waals surface area contributed by atoms with E-state index in [0.717, 1.165) is 10.4 Å². The lowest BCUT2D eigenvalue weighted by Gasteiger charge is -2.35. The molecule has 106 valence electrons. The molecule has 0 fully saturated rings. The highest BCUT2D eigenvalue weighted by atomic mass is 32.1. The van der Waals surface area contributed by atoms with Gasteiger partial charge in [0.2, 0.25) is 0 Å². The number of rotatable bonds is 2. The van der Waals surface area contributed by atoms with Gasteiger partial charge in [-0.1, -0.05) is 6.07 Å². The normalized spacial score (nSPS) is 17.1. The summed E-state index contributed by atoms with van der Waals surface area (Å²) in [5.41, 5.74) is 0.955. The zero-order chi connectivity index (χ0) is 15.0. The molecule has 1 aliphatic rings. The number of benzene rings is 1. The molecule has 4 nitrogen and oxygen atoms in total. The highest BCUT2D eigenvalue weighted by Gasteiger charge is 2.35. The molecule has 2 heterocycles. The Balaban J connectivity index is 2.13. The van der Waals surface area contributed by atoms with Crippen LogP contribution in [0, 0.1) is 17.1 Å². The van der Waals surface area contributed by atoms with Gasteiger partial charge in [-0.15, -0.1) is 11.3 Å². The van der Waals surface area contributed by atoms with Gasteiger partial charge >= 0.3 is 5.97 Å². The molecule has 1 aliphatic heterocycles. The molecule has 0 bridgehead atoms. The van der Waals surface area contributed by atoms with Crippen LogP contribution < -0.4 is 4.90 Å². The Bertz CT molecular complexity index is 750. The van der Waals surface area contributed by atoms with Gasteiger partial charge in [0.1, 0.15) is 17.4 Å². The van der Waals surface area contributed by atoms with Gasteiger partial charge in [0.05, 0.1) is 5.69 Å². The van der Waals surface area contributed by atoms with E-state index in [1.165, 1.54) is 23.5 Å². The summed E-state index contributed by atoms with van der Waals surface area (Å²) in [6.45, 7) is 0.447. The number of carbonyl (C=O) groups is 1. The van der Waals surface area contributed by atoms with Gasteiger partial charge in [0.15, 0.2) is 6.04 Å². The molecule has 0 spiro atoms.